The second-order valence-electron chi connectivity index (χ2n) is 4.43. The first-order valence-electron chi connectivity index (χ1n) is 5.58. The zero-order chi connectivity index (χ0) is 12.1. The van der Waals surface area contributed by atoms with Crippen LogP contribution in [0.3, 0.4) is 0 Å². The van der Waals surface area contributed by atoms with E-state index in [1.807, 2.05) is 4.90 Å². The fourth-order valence-electron chi connectivity index (χ4n) is 2.07. The maximum absolute atomic E-state index is 11.5. The molecule has 0 aromatic heterocycles. The molecule has 1 fully saturated rings. The molecule has 2 N–H and O–H groups in total. The SMILES string of the molecule is COCC(=O)CN1CC(C(N)=O)CCC1C. The van der Waals surface area contributed by atoms with Crippen molar-refractivity contribution < 1.29 is 14.3 Å². The highest BCUT2D eigenvalue weighted by Gasteiger charge is 2.29. The molecule has 1 amide bonds. The van der Waals surface area contributed by atoms with Crippen molar-refractivity contribution in [2.75, 3.05) is 26.8 Å². The Hall–Kier alpha value is -0.940. The summed E-state index contributed by atoms with van der Waals surface area (Å²) >= 11 is 0. The van der Waals surface area contributed by atoms with Gasteiger partial charge < -0.3 is 10.5 Å². The molecule has 0 saturated carbocycles. The summed E-state index contributed by atoms with van der Waals surface area (Å²) in [4.78, 5) is 24.6. The molecule has 1 aliphatic heterocycles. The Morgan fingerprint density at radius 3 is 2.69 bits per heavy atom. The maximum atomic E-state index is 11.5. The summed E-state index contributed by atoms with van der Waals surface area (Å²) in [5.41, 5.74) is 5.29. The van der Waals surface area contributed by atoms with Crippen molar-refractivity contribution in [2.24, 2.45) is 11.7 Å². The lowest BCUT2D eigenvalue weighted by Gasteiger charge is -2.36. The Labute approximate surface area is 95.9 Å². The van der Waals surface area contributed by atoms with E-state index in [0.717, 1.165) is 12.8 Å². The number of nitrogens with two attached hydrogens (primary N) is 1. The van der Waals surface area contributed by atoms with Gasteiger partial charge in [-0.05, 0) is 19.8 Å². The summed E-state index contributed by atoms with van der Waals surface area (Å²) in [7, 11) is 1.50. The van der Waals surface area contributed by atoms with Gasteiger partial charge in [0.05, 0.1) is 12.5 Å². The predicted octanol–water partition coefficient (Wildman–Crippen LogP) is -0.212. The molecule has 5 heteroatoms. The van der Waals surface area contributed by atoms with Gasteiger partial charge in [0.15, 0.2) is 5.78 Å². The van der Waals surface area contributed by atoms with Crippen LogP contribution in [-0.4, -0.2) is 49.4 Å². The van der Waals surface area contributed by atoms with Crippen molar-refractivity contribution in [3.8, 4) is 0 Å². The van der Waals surface area contributed by atoms with Crippen LogP contribution in [0.4, 0.5) is 0 Å². The number of ether oxygens (including phenoxy) is 1. The molecule has 0 aliphatic carbocycles. The van der Waals surface area contributed by atoms with Crippen LogP contribution in [0.25, 0.3) is 0 Å². The largest absolute Gasteiger partial charge is 0.377 e. The number of likely N-dealkylation sites (tertiary alicyclic amines) is 1. The van der Waals surface area contributed by atoms with Crippen molar-refractivity contribution in [3.63, 3.8) is 0 Å². The van der Waals surface area contributed by atoms with Crippen LogP contribution < -0.4 is 5.73 Å². The smallest absolute Gasteiger partial charge is 0.221 e. The van der Waals surface area contributed by atoms with Gasteiger partial charge in [-0.15, -0.1) is 0 Å². The normalized spacial score (nSPS) is 26.6. The number of ketones is 1. The van der Waals surface area contributed by atoms with Gasteiger partial charge in [0.1, 0.15) is 6.61 Å². The first kappa shape index (κ1) is 13.1. The number of piperidine rings is 1. The van der Waals surface area contributed by atoms with Crippen LogP contribution in [0, 0.1) is 5.92 Å². The van der Waals surface area contributed by atoms with E-state index in [9.17, 15) is 9.59 Å². The summed E-state index contributed by atoms with van der Waals surface area (Å²) < 4.78 is 4.79. The van der Waals surface area contributed by atoms with Gasteiger partial charge >= 0.3 is 0 Å². The van der Waals surface area contributed by atoms with Gasteiger partial charge in [-0.1, -0.05) is 0 Å². The summed E-state index contributed by atoms with van der Waals surface area (Å²) in [5, 5.41) is 0. The molecular weight excluding hydrogens is 208 g/mol. The minimum Gasteiger partial charge on any atom is -0.377 e. The molecule has 0 spiro atoms. The van der Waals surface area contributed by atoms with E-state index in [0.29, 0.717) is 19.1 Å². The topological polar surface area (TPSA) is 72.6 Å². The predicted molar refractivity (Wildman–Crippen MR) is 59.8 cm³/mol. The number of amides is 1. The number of hydrogen-bond donors (Lipinski definition) is 1. The van der Waals surface area contributed by atoms with Crippen molar-refractivity contribution in [3.05, 3.63) is 0 Å². The summed E-state index contributed by atoms with van der Waals surface area (Å²) in [6, 6.07) is 0.330. The Morgan fingerprint density at radius 1 is 1.44 bits per heavy atom. The third kappa shape index (κ3) is 3.57. The molecule has 1 heterocycles. The van der Waals surface area contributed by atoms with E-state index in [2.05, 4.69) is 6.92 Å². The standard InChI is InChI=1S/C11H20N2O3/c1-8-3-4-9(11(12)15)5-13(8)6-10(14)7-16-2/h8-9H,3-7H2,1-2H3,(H2,12,15). The molecule has 92 valence electrons. The second-order valence-corrected chi connectivity index (χ2v) is 4.43. The summed E-state index contributed by atoms with van der Waals surface area (Å²) in [5.74, 6) is -0.345. The van der Waals surface area contributed by atoms with E-state index in [4.69, 9.17) is 10.5 Å². The minimum absolute atomic E-state index is 0.0412. The van der Waals surface area contributed by atoms with E-state index in [1.165, 1.54) is 7.11 Å². The van der Waals surface area contributed by atoms with Crippen molar-refractivity contribution in [1.82, 2.24) is 4.90 Å². The first-order valence-corrected chi connectivity index (χ1v) is 5.58. The Morgan fingerprint density at radius 2 is 2.12 bits per heavy atom. The van der Waals surface area contributed by atoms with Gasteiger partial charge in [-0.2, -0.15) is 0 Å². The second kappa shape index (κ2) is 5.96. The molecule has 5 nitrogen and oxygen atoms in total. The Bertz CT molecular complexity index is 268. The van der Waals surface area contributed by atoms with Crippen LogP contribution in [0.15, 0.2) is 0 Å². The molecule has 1 saturated heterocycles. The highest BCUT2D eigenvalue weighted by molar-refractivity contribution is 5.82. The Kier molecular flexibility index (Phi) is 4.89. The third-order valence-electron chi connectivity index (χ3n) is 3.10. The van der Waals surface area contributed by atoms with E-state index in [-0.39, 0.29) is 24.2 Å². The van der Waals surface area contributed by atoms with Crippen molar-refractivity contribution >= 4 is 11.7 Å². The number of methoxy groups -OCH3 is 1. The minimum atomic E-state index is -0.268. The highest BCUT2D eigenvalue weighted by atomic mass is 16.5. The molecule has 1 aliphatic rings. The zero-order valence-corrected chi connectivity index (χ0v) is 9.94. The number of carbonyl (C=O) groups is 2. The number of hydrogen-bond acceptors (Lipinski definition) is 4. The average molecular weight is 228 g/mol. The van der Waals surface area contributed by atoms with Crippen LogP contribution in [0.2, 0.25) is 0 Å². The average Bonchev–Trinajstić information content (AvgIpc) is 2.21. The molecule has 0 radical (unpaired) electrons. The third-order valence-corrected chi connectivity index (χ3v) is 3.10. The van der Waals surface area contributed by atoms with Crippen LogP contribution in [0.1, 0.15) is 19.8 Å². The molecule has 2 atom stereocenters. The first-order chi connectivity index (χ1) is 7.54. The lowest BCUT2D eigenvalue weighted by atomic mass is 9.93. The molecule has 0 bridgehead atoms. The number of carbonyl (C=O) groups excluding carboxylic acids is 2. The number of rotatable bonds is 5. The molecule has 16 heavy (non-hydrogen) atoms. The fourth-order valence-corrected chi connectivity index (χ4v) is 2.07. The van der Waals surface area contributed by atoms with Crippen molar-refractivity contribution in [2.45, 2.75) is 25.8 Å². The lowest BCUT2D eigenvalue weighted by molar-refractivity contribution is -0.128. The van der Waals surface area contributed by atoms with Crippen LogP contribution >= 0.6 is 0 Å². The molecular formula is C11H20N2O3. The Balaban J connectivity index is 2.49. The molecule has 0 aromatic rings. The highest BCUT2D eigenvalue weighted by Crippen LogP contribution is 2.21. The van der Waals surface area contributed by atoms with Gasteiger partial charge in [0.2, 0.25) is 5.91 Å². The van der Waals surface area contributed by atoms with Gasteiger partial charge in [0.25, 0.3) is 0 Å². The van der Waals surface area contributed by atoms with Crippen LogP contribution in [0.5, 0.6) is 0 Å². The van der Waals surface area contributed by atoms with Gasteiger partial charge in [-0.25, -0.2) is 0 Å². The van der Waals surface area contributed by atoms with E-state index < -0.39 is 0 Å². The number of Topliss-reactive ketones (excluding diaryl/α,β-unsaturated/α-hetero) is 1. The van der Waals surface area contributed by atoms with E-state index >= 15 is 0 Å². The van der Waals surface area contributed by atoms with Gasteiger partial charge in [0, 0.05) is 19.7 Å². The van der Waals surface area contributed by atoms with Crippen LogP contribution in [-0.2, 0) is 14.3 Å². The molecule has 2 unspecified atom stereocenters. The van der Waals surface area contributed by atoms with Crippen molar-refractivity contribution in [1.29, 1.82) is 0 Å². The summed E-state index contributed by atoms with van der Waals surface area (Å²) in [6.07, 6.45) is 1.74. The quantitative estimate of drug-likeness (QED) is 0.706. The monoisotopic (exact) mass is 228 g/mol. The zero-order valence-electron chi connectivity index (χ0n) is 9.94. The summed E-state index contributed by atoms with van der Waals surface area (Å²) in [6.45, 7) is 3.13. The molecule has 1 rings (SSSR count). The lowest BCUT2D eigenvalue weighted by Crippen LogP contribution is -2.48. The molecule has 0 aromatic carbocycles. The van der Waals surface area contributed by atoms with E-state index in [1.54, 1.807) is 0 Å². The number of primary amides is 1. The fraction of sp³-hybridized carbons (Fsp3) is 0.818. The maximum Gasteiger partial charge on any atom is 0.221 e. The number of nitrogens with zero attached hydrogens (tertiary/aromatic N) is 1. The van der Waals surface area contributed by atoms with Gasteiger partial charge in [-0.3, -0.25) is 14.5 Å².